The number of carbonyl (C=O) groups is 1. The van der Waals surface area contributed by atoms with E-state index in [9.17, 15) is 9.90 Å². The first-order valence-electron chi connectivity index (χ1n) is 7.80. The van der Waals surface area contributed by atoms with Gasteiger partial charge < -0.3 is 10.8 Å². The molecule has 2 rings (SSSR count). The molecule has 0 spiro atoms. The summed E-state index contributed by atoms with van der Waals surface area (Å²) in [6.45, 7) is 1.46. The van der Waals surface area contributed by atoms with Crippen molar-refractivity contribution in [2.45, 2.75) is 48.8 Å². The van der Waals surface area contributed by atoms with Crippen LogP contribution in [-0.4, -0.2) is 30.4 Å². The molecule has 124 valence electrons. The van der Waals surface area contributed by atoms with Crippen LogP contribution in [0.25, 0.3) is 0 Å². The summed E-state index contributed by atoms with van der Waals surface area (Å²) in [4.78, 5) is 13.1. The number of nitrogens with two attached hydrogens (primary N) is 1. The van der Waals surface area contributed by atoms with E-state index in [-0.39, 0.29) is 5.91 Å². The van der Waals surface area contributed by atoms with Gasteiger partial charge in [-0.3, -0.25) is 10.2 Å². The van der Waals surface area contributed by atoms with E-state index in [2.05, 4.69) is 10.9 Å². The molecule has 5 N–H and O–H groups in total. The molecule has 0 aromatic carbocycles. The summed E-state index contributed by atoms with van der Waals surface area (Å²) in [7, 11) is 0. The standard InChI is InChI=1S/C15H25N3O2S2/c1-21-15-12-10(6-5-7-11(12)19)13(22-15)14(20)18-17-9-4-2-3-8-16/h11,17,19H,2-9,16H2,1H3,(H,18,20). The van der Waals surface area contributed by atoms with E-state index in [4.69, 9.17) is 5.73 Å². The highest BCUT2D eigenvalue weighted by molar-refractivity contribution is 8.00. The number of aliphatic hydroxyl groups is 1. The lowest BCUT2D eigenvalue weighted by atomic mass is 9.91. The Hall–Kier alpha value is -0.600. The summed E-state index contributed by atoms with van der Waals surface area (Å²) in [5.41, 5.74) is 13.2. The van der Waals surface area contributed by atoms with Gasteiger partial charge in [0.05, 0.1) is 15.2 Å². The molecule has 0 fully saturated rings. The van der Waals surface area contributed by atoms with Crippen molar-refractivity contribution in [2.75, 3.05) is 19.3 Å². The predicted octanol–water partition coefficient (Wildman–Crippen LogP) is 2.20. The second-order valence-corrected chi connectivity index (χ2v) is 7.55. The molecule has 1 unspecified atom stereocenters. The second-order valence-electron chi connectivity index (χ2n) is 5.45. The van der Waals surface area contributed by atoms with Gasteiger partial charge in [0, 0.05) is 12.1 Å². The first-order valence-corrected chi connectivity index (χ1v) is 9.84. The Balaban J connectivity index is 1.95. The van der Waals surface area contributed by atoms with E-state index in [0.717, 1.165) is 65.3 Å². The molecule has 0 saturated heterocycles. The fraction of sp³-hybridized carbons (Fsp3) is 0.667. The Morgan fingerprint density at radius 1 is 1.45 bits per heavy atom. The van der Waals surface area contributed by atoms with Crippen molar-refractivity contribution in [3.63, 3.8) is 0 Å². The first kappa shape index (κ1) is 17.7. The minimum atomic E-state index is -0.423. The number of rotatable bonds is 8. The van der Waals surface area contributed by atoms with E-state index in [1.54, 1.807) is 11.8 Å². The van der Waals surface area contributed by atoms with Gasteiger partial charge in [0.1, 0.15) is 0 Å². The topological polar surface area (TPSA) is 87.4 Å². The van der Waals surface area contributed by atoms with Gasteiger partial charge in [0.25, 0.3) is 5.91 Å². The highest BCUT2D eigenvalue weighted by atomic mass is 32.2. The number of thiophene rings is 1. The van der Waals surface area contributed by atoms with Crippen LogP contribution in [-0.2, 0) is 6.42 Å². The molecule has 0 radical (unpaired) electrons. The van der Waals surface area contributed by atoms with E-state index >= 15 is 0 Å². The highest BCUT2D eigenvalue weighted by Gasteiger charge is 2.29. The molecule has 1 heterocycles. The van der Waals surface area contributed by atoms with Gasteiger partial charge in [-0.2, -0.15) is 0 Å². The molecule has 1 aromatic rings. The number of hydrogen-bond donors (Lipinski definition) is 4. The fourth-order valence-electron chi connectivity index (χ4n) is 2.73. The van der Waals surface area contributed by atoms with Gasteiger partial charge in [-0.25, -0.2) is 5.43 Å². The maximum atomic E-state index is 12.4. The monoisotopic (exact) mass is 343 g/mol. The Morgan fingerprint density at radius 3 is 3.00 bits per heavy atom. The molecule has 22 heavy (non-hydrogen) atoms. The van der Waals surface area contributed by atoms with Crippen molar-refractivity contribution in [3.8, 4) is 0 Å². The maximum Gasteiger partial charge on any atom is 0.275 e. The third kappa shape index (κ3) is 4.23. The number of hydrogen-bond acceptors (Lipinski definition) is 6. The third-order valence-corrected chi connectivity index (χ3v) is 6.23. The largest absolute Gasteiger partial charge is 0.388 e. The summed E-state index contributed by atoms with van der Waals surface area (Å²) in [6, 6.07) is 0. The highest BCUT2D eigenvalue weighted by Crippen LogP contribution is 2.43. The van der Waals surface area contributed by atoms with Crippen molar-refractivity contribution >= 4 is 29.0 Å². The van der Waals surface area contributed by atoms with Gasteiger partial charge in [0.2, 0.25) is 0 Å². The van der Waals surface area contributed by atoms with Gasteiger partial charge in [-0.15, -0.1) is 23.1 Å². The third-order valence-electron chi connectivity index (χ3n) is 3.85. The minimum Gasteiger partial charge on any atom is -0.388 e. The number of fused-ring (bicyclic) bond motifs is 1. The molecular weight excluding hydrogens is 318 g/mol. The normalized spacial score (nSPS) is 17.3. The number of hydrazine groups is 1. The van der Waals surface area contributed by atoms with Crippen LogP contribution in [0.15, 0.2) is 4.21 Å². The average molecular weight is 344 g/mol. The smallest absolute Gasteiger partial charge is 0.275 e. The van der Waals surface area contributed by atoms with Crippen LogP contribution in [0.3, 0.4) is 0 Å². The summed E-state index contributed by atoms with van der Waals surface area (Å²) >= 11 is 3.10. The van der Waals surface area contributed by atoms with Crippen LogP contribution in [0.2, 0.25) is 0 Å². The Kier molecular flexibility index (Phi) is 7.17. The summed E-state index contributed by atoms with van der Waals surface area (Å²) in [5, 5.41) is 10.2. The molecule has 1 aliphatic carbocycles. The first-order chi connectivity index (χ1) is 10.7. The maximum absolute atomic E-state index is 12.4. The second kappa shape index (κ2) is 8.88. The molecule has 1 amide bonds. The fourth-order valence-corrected chi connectivity index (χ4v) is 4.82. The number of carbonyl (C=O) groups excluding carboxylic acids is 1. The van der Waals surface area contributed by atoms with Gasteiger partial charge in [0.15, 0.2) is 0 Å². The zero-order chi connectivity index (χ0) is 15.9. The van der Waals surface area contributed by atoms with Crippen LogP contribution in [0.5, 0.6) is 0 Å². The lowest BCUT2D eigenvalue weighted by Crippen LogP contribution is -2.38. The van der Waals surface area contributed by atoms with Crippen molar-refractivity contribution in [1.82, 2.24) is 10.9 Å². The van der Waals surface area contributed by atoms with Crippen molar-refractivity contribution in [2.24, 2.45) is 5.73 Å². The van der Waals surface area contributed by atoms with Crippen molar-refractivity contribution in [1.29, 1.82) is 0 Å². The molecule has 7 heteroatoms. The number of aliphatic hydroxyl groups excluding tert-OH is 1. The van der Waals surface area contributed by atoms with E-state index in [1.807, 2.05) is 6.26 Å². The number of amides is 1. The minimum absolute atomic E-state index is 0.0884. The molecule has 0 aliphatic heterocycles. The quantitative estimate of drug-likeness (QED) is 0.330. The summed E-state index contributed by atoms with van der Waals surface area (Å²) in [6.07, 6.45) is 7.25. The van der Waals surface area contributed by atoms with Crippen molar-refractivity contribution < 1.29 is 9.90 Å². The molecule has 1 aliphatic rings. The zero-order valence-electron chi connectivity index (χ0n) is 13.0. The summed E-state index contributed by atoms with van der Waals surface area (Å²) in [5.74, 6) is -0.0884. The van der Waals surface area contributed by atoms with E-state index in [1.165, 1.54) is 11.3 Å². The molecule has 0 saturated carbocycles. The van der Waals surface area contributed by atoms with E-state index < -0.39 is 6.10 Å². The predicted molar refractivity (Wildman–Crippen MR) is 92.4 cm³/mol. The molecule has 5 nitrogen and oxygen atoms in total. The Morgan fingerprint density at radius 2 is 2.27 bits per heavy atom. The average Bonchev–Trinajstić information content (AvgIpc) is 2.91. The molecular formula is C15H25N3O2S2. The van der Waals surface area contributed by atoms with Crippen molar-refractivity contribution in [3.05, 3.63) is 16.0 Å². The number of nitrogens with one attached hydrogen (secondary N) is 2. The van der Waals surface area contributed by atoms with Crippen LogP contribution >= 0.6 is 23.1 Å². The van der Waals surface area contributed by atoms with Gasteiger partial charge in [-0.1, -0.05) is 6.42 Å². The SMILES string of the molecule is CSc1sc(C(=O)NNCCCCCN)c2c1C(O)CCC2. The Bertz CT molecular complexity index is 505. The van der Waals surface area contributed by atoms with Crippen LogP contribution in [0.4, 0.5) is 0 Å². The Labute approximate surface area is 140 Å². The van der Waals surface area contributed by atoms with Crippen LogP contribution < -0.4 is 16.6 Å². The molecule has 0 bridgehead atoms. The van der Waals surface area contributed by atoms with Crippen LogP contribution in [0, 0.1) is 0 Å². The van der Waals surface area contributed by atoms with Gasteiger partial charge >= 0.3 is 0 Å². The van der Waals surface area contributed by atoms with Crippen LogP contribution in [0.1, 0.15) is 59.0 Å². The summed E-state index contributed by atoms with van der Waals surface area (Å²) < 4.78 is 1.07. The van der Waals surface area contributed by atoms with E-state index in [0.29, 0.717) is 6.54 Å². The number of unbranched alkanes of at least 4 members (excludes halogenated alkanes) is 2. The molecule has 1 aromatic heterocycles. The number of thioether (sulfide) groups is 1. The lowest BCUT2D eigenvalue weighted by Gasteiger charge is -2.19. The van der Waals surface area contributed by atoms with Gasteiger partial charge in [-0.05, 0) is 50.5 Å². The molecule has 1 atom stereocenters. The zero-order valence-corrected chi connectivity index (χ0v) is 14.6. The lowest BCUT2D eigenvalue weighted by molar-refractivity contribution is 0.0935.